The van der Waals surface area contributed by atoms with Crippen LogP contribution >= 0.6 is 25.3 Å². The summed E-state index contributed by atoms with van der Waals surface area (Å²) in [5.41, 5.74) is 1.17. The van der Waals surface area contributed by atoms with E-state index in [1.165, 1.54) is 48.5 Å². The van der Waals surface area contributed by atoms with Crippen molar-refractivity contribution in [2.45, 2.75) is 0 Å². The predicted molar refractivity (Wildman–Crippen MR) is 91.3 cm³/mol. The summed E-state index contributed by atoms with van der Waals surface area (Å²) < 4.78 is 0. The fourth-order valence-electron chi connectivity index (χ4n) is 1.78. The topological polar surface area (TPSA) is 80.3 Å². The lowest BCUT2D eigenvalue weighted by atomic mass is 10.1. The van der Waals surface area contributed by atoms with Gasteiger partial charge in [0.15, 0.2) is 0 Å². The Hall–Kier alpha value is -2.38. The Bertz CT molecular complexity index is 715. The molecule has 0 heterocycles. The zero-order chi connectivity index (χ0) is 17.0. The van der Waals surface area contributed by atoms with Gasteiger partial charge in [-0.3, -0.25) is 24.5 Å². The number of amides is 2. The molecule has 0 radical (unpaired) electrons. The monoisotopic (exact) mass is 345 g/mol. The van der Waals surface area contributed by atoms with Gasteiger partial charge >= 0.3 is 0 Å². The molecule has 116 valence electrons. The molecule has 0 fully saturated rings. The number of benzene rings is 2. The van der Waals surface area contributed by atoms with Gasteiger partial charge in [-0.1, -0.05) is 0 Å². The Labute approximate surface area is 142 Å². The van der Waals surface area contributed by atoms with Crippen molar-refractivity contribution in [2.24, 2.45) is 0 Å². The molecule has 0 aliphatic rings. The Morgan fingerprint density at radius 1 is 0.565 bits per heavy atom. The van der Waals surface area contributed by atoms with Crippen molar-refractivity contribution in [3.63, 3.8) is 0 Å². The zero-order valence-corrected chi connectivity index (χ0v) is 13.4. The van der Waals surface area contributed by atoms with E-state index in [1.807, 2.05) is 0 Å². The van der Waals surface area contributed by atoms with Crippen LogP contribution in [0.15, 0.2) is 48.5 Å². The molecule has 23 heavy (non-hydrogen) atoms. The molecule has 0 spiro atoms. The molecule has 1 N–H and O–H groups in total. The van der Waals surface area contributed by atoms with Crippen LogP contribution in [0.1, 0.15) is 41.4 Å². The molecule has 0 bridgehead atoms. The minimum atomic E-state index is -0.595. The van der Waals surface area contributed by atoms with Crippen molar-refractivity contribution in [1.29, 1.82) is 0 Å². The smallest absolute Gasteiger partial charge is 0.258 e. The highest BCUT2D eigenvalue weighted by Gasteiger charge is 2.13. The molecule has 0 aliphatic carbocycles. The van der Waals surface area contributed by atoms with Gasteiger partial charge in [0.05, 0.1) is 0 Å². The summed E-state index contributed by atoms with van der Waals surface area (Å²) in [6.45, 7) is 0. The molecule has 2 amide bonds. The predicted octanol–water partition coefficient (Wildman–Crippen LogP) is 2.40. The van der Waals surface area contributed by atoms with Crippen LogP contribution in [0.3, 0.4) is 0 Å². The number of hydrogen-bond acceptors (Lipinski definition) is 4. The van der Waals surface area contributed by atoms with E-state index in [2.05, 4.69) is 30.6 Å². The first-order chi connectivity index (χ1) is 10.9. The summed E-state index contributed by atoms with van der Waals surface area (Å²) in [6.07, 6.45) is 0. The van der Waals surface area contributed by atoms with E-state index in [-0.39, 0.29) is 11.1 Å². The Kier molecular flexibility index (Phi) is 5.36. The second kappa shape index (κ2) is 7.26. The number of rotatable bonds is 4. The average Bonchev–Trinajstić information content (AvgIpc) is 2.54. The van der Waals surface area contributed by atoms with Crippen molar-refractivity contribution in [1.82, 2.24) is 5.32 Å². The fourth-order valence-corrected chi connectivity index (χ4v) is 2.07. The van der Waals surface area contributed by atoms with Gasteiger partial charge in [-0.25, -0.2) is 0 Å². The average molecular weight is 345 g/mol. The highest BCUT2D eigenvalue weighted by atomic mass is 32.1. The fraction of sp³-hybridized carbons (Fsp3) is 0. The molecule has 0 saturated carbocycles. The summed E-state index contributed by atoms with van der Waals surface area (Å²) in [7, 11) is 0. The van der Waals surface area contributed by atoms with E-state index in [1.54, 1.807) is 0 Å². The van der Waals surface area contributed by atoms with Crippen LogP contribution in [0, 0.1) is 0 Å². The molecule has 2 rings (SSSR count). The number of carbonyl (C=O) groups is 4. The zero-order valence-electron chi connectivity index (χ0n) is 11.6. The minimum Gasteiger partial charge on any atom is -0.288 e. The van der Waals surface area contributed by atoms with Crippen molar-refractivity contribution < 1.29 is 19.2 Å². The molecule has 5 nitrogen and oxygen atoms in total. The highest BCUT2D eigenvalue weighted by molar-refractivity contribution is 7.97. The van der Waals surface area contributed by atoms with E-state index in [4.69, 9.17) is 0 Å². The summed E-state index contributed by atoms with van der Waals surface area (Å²) in [6, 6.07) is 11.5. The van der Waals surface area contributed by atoms with E-state index in [0.717, 1.165) is 0 Å². The van der Waals surface area contributed by atoms with Crippen LogP contribution in [-0.4, -0.2) is 22.0 Å². The summed E-state index contributed by atoms with van der Waals surface area (Å²) in [4.78, 5) is 46.1. The van der Waals surface area contributed by atoms with Crippen LogP contribution in [0.25, 0.3) is 0 Å². The van der Waals surface area contributed by atoms with Gasteiger partial charge in [-0.15, -0.1) is 25.3 Å². The van der Waals surface area contributed by atoms with Crippen molar-refractivity contribution in [2.75, 3.05) is 0 Å². The number of thiol groups is 2. The summed E-state index contributed by atoms with van der Waals surface area (Å²) in [5, 5.41) is 1.40. The lowest BCUT2D eigenvalue weighted by molar-refractivity contribution is 0.0848. The lowest BCUT2D eigenvalue weighted by Crippen LogP contribution is -2.30. The van der Waals surface area contributed by atoms with Gasteiger partial charge < -0.3 is 0 Å². The van der Waals surface area contributed by atoms with Gasteiger partial charge in [-0.2, -0.15) is 0 Å². The summed E-state index contributed by atoms with van der Waals surface area (Å²) in [5.74, 6) is -1.19. The Morgan fingerprint density at radius 2 is 0.826 bits per heavy atom. The Balaban J connectivity index is 2.08. The van der Waals surface area contributed by atoms with Crippen molar-refractivity contribution >= 4 is 47.3 Å². The van der Waals surface area contributed by atoms with Crippen LogP contribution in [0.2, 0.25) is 0 Å². The quantitative estimate of drug-likeness (QED) is 0.587. The summed E-state index contributed by atoms with van der Waals surface area (Å²) >= 11 is 7.35. The van der Waals surface area contributed by atoms with Crippen LogP contribution in [0.5, 0.6) is 0 Å². The third kappa shape index (κ3) is 4.30. The number of hydrogen-bond donors (Lipinski definition) is 3. The van der Waals surface area contributed by atoms with E-state index in [9.17, 15) is 19.2 Å². The Morgan fingerprint density at radius 3 is 1.09 bits per heavy atom. The first kappa shape index (κ1) is 17.0. The first-order valence-electron chi connectivity index (χ1n) is 6.41. The van der Waals surface area contributed by atoms with E-state index in [0.29, 0.717) is 11.1 Å². The van der Waals surface area contributed by atoms with E-state index < -0.39 is 22.0 Å². The first-order valence-corrected chi connectivity index (χ1v) is 7.30. The molecule has 2 aromatic rings. The third-order valence-electron chi connectivity index (χ3n) is 3.02. The number of imide groups is 1. The third-order valence-corrected chi connectivity index (χ3v) is 3.53. The molecule has 0 aliphatic heterocycles. The lowest BCUT2D eigenvalue weighted by Gasteiger charge is -2.05. The maximum atomic E-state index is 12.0. The largest absolute Gasteiger partial charge is 0.288 e. The standard InChI is InChI=1S/C16H11NO4S2/c18-13(9-1-5-11(6-2-9)15(20)22)17-14(19)10-3-7-12(8-4-10)16(21)23/h1-8H,(H,20,22)(H,21,23)(H,17,18,19). The van der Waals surface area contributed by atoms with Gasteiger partial charge in [0, 0.05) is 22.3 Å². The van der Waals surface area contributed by atoms with Crippen molar-refractivity contribution in [3.8, 4) is 0 Å². The molecule has 0 aromatic heterocycles. The van der Waals surface area contributed by atoms with Crippen LogP contribution in [-0.2, 0) is 0 Å². The van der Waals surface area contributed by atoms with Gasteiger partial charge in [-0.05, 0) is 48.5 Å². The van der Waals surface area contributed by atoms with Crippen LogP contribution < -0.4 is 5.32 Å². The maximum Gasteiger partial charge on any atom is 0.258 e. The minimum absolute atomic E-state index is 0.235. The van der Waals surface area contributed by atoms with Crippen molar-refractivity contribution in [3.05, 3.63) is 70.8 Å². The SMILES string of the molecule is O=C(S)c1ccc(C(=O)NC(=O)c2ccc(C(=O)S)cc2)cc1. The molecule has 0 unspecified atom stereocenters. The molecular formula is C16H11NO4S2. The number of carbonyl (C=O) groups excluding carboxylic acids is 4. The molecular weight excluding hydrogens is 334 g/mol. The molecule has 2 aromatic carbocycles. The maximum absolute atomic E-state index is 12.0. The van der Waals surface area contributed by atoms with Crippen LogP contribution in [0.4, 0.5) is 0 Å². The molecule has 0 saturated heterocycles. The van der Waals surface area contributed by atoms with Gasteiger partial charge in [0.2, 0.25) is 10.2 Å². The van der Waals surface area contributed by atoms with Gasteiger partial charge in [0.25, 0.3) is 11.8 Å². The normalized spacial score (nSPS) is 10.0. The number of nitrogens with one attached hydrogen (secondary N) is 1. The second-order valence-electron chi connectivity index (χ2n) is 4.55. The molecule has 0 atom stereocenters. The molecule has 7 heteroatoms. The second-order valence-corrected chi connectivity index (χ2v) is 5.36. The van der Waals surface area contributed by atoms with Gasteiger partial charge in [0.1, 0.15) is 0 Å². The van der Waals surface area contributed by atoms with E-state index >= 15 is 0 Å². The highest BCUT2D eigenvalue weighted by Crippen LogP contribution is 2.09.